The number of thiophene rings is 2. The molecular weight excluding hydrogens is 412 g/mol. The van der Waals surface area contributed by atoms with E-state index < -0.39 is 0 Å². The van der Waals surface area contributed by atoms with Gasteiger partial charge in [-0.3, -0.25) is 0 Å². The van der Waals surface area contributed by atoms with Crippen molar-refractivity contribution in [3.8, 4) is 0 Å². The van der Waals surface area contributed by atoms with Gasteiger partial charge in [-0.05, 0) is 75.7 Å². The zero-order valence-corrected chi connectivity index (χ0v) is 18.0. The highest BCUT2D eigenvalue weighted by atomic mass is 35.5. The topological polar surface area (TPSA) is 0 Å². The van der Waals surface area contributed by atoms with Gasteiger partial charge in [-0.15, -0.1) is 22.7 Å². The molecule has 0 unspecified atom stereocenters. The third-order valence-electron chi connectivity index (χ3n) is 5.70. The van der Waals surface area contributed by atoms with E-state index in [0.717, 1.165) is 17.9 Å². The number of fused-ring (bicyclic) bond motifs is 6. The molecule has 0 atom stereocenters. The minimum atomic E-state index is 0.866. The Labute approximate surface area is 182 Å². The molecule has 0 aliphatic carbocycles. The molecular formula is C26H17ClS2. The summed E-state index contributed by atoms with van der Waals surface area (Å²) in [5.41, 5.74) is 1.22. The van der Waals surface area contributed by atoms with Crippen molar-refractivity contribution >= 4 is 76.0 Å². The van der Waals surface area contributed by atoms with Crippen LogP contribution in [0.4, 0.5) is 0 Å². The van der Waals surface area contributed by atoms with E-state index in [2.05, 4.69) is 66.0 Å². The largest absolute Gasteiger partial charge is 0.143 e. The SMILES string of the molecule is Clc1ccccc1CCc1cc2ccc3cc4c(ccc5ccsc54)cc3c2s1. The fourth-order valence-electron chi connectivity index (χ4n) is 4.21. The van der Waals surface area contributed by atoms with Crippen LogP contribution < -0.4 is 0 Å². The third-order valence-corrected chi connectivity index (χ3v) is 8.28. The number of rotatable bonds is 3. The van der Waals surface area contributed by atoms with Gasteiger partial charge in [0.2, 0.25) is 0 Å². The lowest BCUT2D eigenvalue weighted by atomic mass is 10.0. The normalized spacial score (nSPS) is 11.9. The molecule has 0 saturated heterocycles. The lowest BCUT2D eigenvalue weighted by Gasteiger charge is -2.05. The van der Waals surface area contributed by atoms with Crippen LogP contribution in [0.2, 0.25) is 5.02 Å². The highest BCUT2D eigenvalue weighted by Gasteiger charge is 2.10. The number of hydrogen-bond donors (Lipinski definition) is 0. The van der Waals surface area contributed by atoms with Crippen molar-refractivity contribution in [3.63, 3.8) is 0 Å². The maximum Gasteiger partial charge on any atom is 0.0438 e. The summed E-state index contributed by atoms with van der Waals surface area (Å²) in [6.45, 7) is 0. The van der Waals surface area contributed by atoms with Gasteiger partial charge in [0.05, 0.1) is 0 Å². The molecule has 140 valence electrons. The van der Waals surface area contributed by atoms with E-state index in [-0.39, 0.29) is 0 Å². The Morgan fingerprint density at radius 3 is 2.21 bits per heavy atom. The fraction of sp³-hybridized carbons (Fsp3) is 0.0769. The van der Waals surface area contributed by atoms with Crippen LogP contribution in [0.15, 0.2) is 78.2 Å². The van der Waals surface area contributed by atoms with Crippen molar-refractivity contribution in [3.05, 3.63) is 93.6 Å². The molecule has 3 heteroatoms. The Kier molecular flexibility index (Phi) is 4.12. The van der Waals surface area contributed by atoms with E-state index in [1.165, 1.54) is 52.2 Å². The van der Waals surface area contributed by atoms with Crippen molar-refractivity contribution in [2.75, 3.05) is 0 Å². The second-order valence-electron chi connectivity index (χ2n) is 7.49. The van der Waals surface area contributed by atoms with Crippen LogP contribution in [-0.2, 0) is 12.8 Å². The summed E-state index contributed by atoms with van der Waals surface area (Å²) in [5.74, 6) is 0. The summed E-state index contributed by atoms with van der Waals surface area (Å²) in [7, 11) is 0. The Morgan fingerprint density at radius 2 is 1.38 bits per heavy atom. The van der Waals surface area contributed by atoms with Gasteiger partial charge in [-0.2, -0.15) is 0 Å². The second-order valence-corrected chi connectivity index (χ2v) is 9.95. The molecule has 29 heavy (non-hydrogen) atoms. The van der Waals surface area contributed by atoms with Gasteiger partial charge in [0, 0.05) is 30.1 Å². The smallest absolute Gasteiger partial charge is 0.0438 e. The molecule has 0 nitrogen and oxygen atoms in total. The summed E-state index contributed by atoms with van der Waals surface area (Å²) in [6.07, 6.45) is 2.00. The van der Waals surface area contributed by atoms with Crippen LogP contribution >= 0.6 is 34.3 Å². The molecule has 0 amide bonds. The molecule has 2 aromatic heterocycles. The summed E-state index contributed by atoms with van der Waals surface area (Å²) >= 11 is 10.1. The predicted octanol–water partition coefficient (Wildman–Crippen LogP) is 8.86. The number of benzene rings is 4. The van der Waals surface area contributed by atoms with Crippen LogP contribution in [0.25, 0.3) is 41.7 Å². The molecule has 0 aliphatic rings. The Balaban J connectivity index is 1.46. The third kappa shape index (κ3) is 2.95. The van der Waals surface area contributed by atoms with Crippen molar-refractivity contribution in [1.82, 2.24) is 0 Å². The summed E-state index contributed by atoms with van der Waals surface area (Å²) in [4.78, 5) is 1.42. The van der Waals surface area contributed by atoms with Crippen LogP contribution in [0.3, 0.4) is 0 Å². The van der Waals surface area contributed by atoms with Gasteiger partial charge in [-0.1, -0.05) is 54.1 Å². The second kappa shape index (κ2) is 6.84. The number of aryl methyl sites for hydroxylation is 2. The molecule has 0 bridgehead atoms. The van der Waals surface area contributed by atoms with E-state index in [4.69, 9.17) is 11.6 Å². The first-order chi connectivity index (χ1) is 14.3. The van der Waals surface area contributed by atoms with Gasteiger partial charge in [0.1, 0.15) is 0 Å². The fourth-order valence-corrected chi connectivity index (χ4v) is 6.55. The lowest BCUT2D eigenvalue weighted by Crippen LogP contribution is -1.89. The molecule has 4 aromatic carbocycles. The van der Waals surface area contributed by atoms with E-state index in [1.54, 1.807) is 0 Å². The average Bonchev–Trinajstić information content (AvgIpc) is 3.38. The average molecular weight is 429 g/mol. The number of hydrogen-bond acceptors (Lipinski definition) is 2. The number of halogens is 1. The quantitative estimate of drug-likeness (QED) is 0.247. The summed E-state index contributed by atoms with van der Waals surface area (Å²) in [5, 5.41) is 11.1. The lowest BCUT2D eigenvalue weighted by molar-refractivity contribution is 0.982. The standard InChI is InChI=1S/C26H17ClS2/c27-24-4-2-1-3-16(24)9-10-21-13-20-8-7-19-14-22-18(15-23(19)26(20)29-21)6-5-17-11-12-28-25(17)22/h1-8,11-15H,9-10H2. The molecule has 0 N–H and O–H groups in total. The monoisotopic (exact) mass is 428 g/mol. The molecule has 2 heterocycles. The van der Waals surface area contributed by atoms with Crippen LogP contribution in [0, 0.1) is 0 Å². The maximum absolute atomic E-state index is 6.34. The first-order valence-corrected chi connectivity index (χ1v) is 11.8. The minimum absolute atomic E-state index is 0.866. The first kappa shape index (κ1) is 17.5. The maximum atomic E-state index is 6.34. The zero-order valence-electron chi connectivity index (χ0n) is 15.6. The van der Waals surface area contributed by atoms with Crippen LogP contribution in [0.5, 0.6) is 0 Å². The zero-order chi connectivity index (χ0) is 19.4. The summed E-state index contributed by atoms with van der Waals surface area (Å²) in [6, 6.07) is 26.5. The minimum Gasteiger partial charge on any atom is -0.143 e. The summed E-state index contributed by atoms with van der Waals surface area (Å²) < 4.78 is 2.78. The molecule has 0 aliphatic heterocycles. The van der Waals surface area contributed by atoms with Crippen molar-refractivity contribution < 1.29 is 0 Å². The van der Waals surface area contributed by atoms with E-state index in [1.807, 2.05) is 34.8 Å². The first-order valence-electron chi connectivity index (χ1n) is 9.75. The molecule has 0 fully saturated rings. The van der Waals surface area contributed by atoms with Gasteiger partial charge in [0.15, 0.2) is 0 Å². The van der Waals surface area contributed by atoms with Gasteiger partial charge in [-0.25, -0.2) is 0 Å². The highest BCUT2D eigenvalue weighted by molar-refractivity contribution is 7.20. The Bertz CT molecular complexity index is 1520. The Morgan fingerprint density at radius 1 is 0.655 bits per heavy atom. The Hall–Kier alpha value is -2.39. The van der Waals surface area contributed by atoms with Gasteiger partial charge >= 0.3 is 0 Å². The van der Waals surface area contributed by atoms with Gasteiger partial charge < -0.3 is 0 Å². The van der Waals surface area contributed by atoms with E-state index in [0.29, 0.717) is 0 Å². The predicted molar refractivity (Wildman–Crippen MR) is 131 cm³/mol. The van der Waals surface area contributed by atoms with E-state index >= 15 is 0 Å². The highest BCUT2D eigenvalue weighted by Crippen LogP contribution is 2.38. The van der Waals surface area contributed by atoms with Crippen molar-refractivity contribution in [2.45, 2.75) is 12.8 Å². The van der Waals surface area contributed by atoms with Crippen LogP contribution in [-0.4, -0.2) is 0 Å². The van der Waals surface area contributed by atoms with Gasteiger partial charge in [0.25, 0.3) is 0 Å². The van der Waals surface area contributed by atoms with Crippen molar-refractivity contribution in [2.24, 2.45) is 0 Å². The molecule has 0 radical (unpaired) electrons. The van der Waals surface area contributed by atoms with E-state index in [9.17, 15) is 0 Å². The van der Waals surface area contributed by atoms with Crippen LogP contribution in [0.1, 0.15) is 10.4 Å². The van der Waals surface area contributed by atoms with Crippen molar-refractivity contribution in [1.29, 1.82) is 0 Å². The molecule has 6 aromatic rings. The molecule has 6 rings (SSSR count). The molecule has 0 saturated carbocycles. The molecule has 0 spiro atoms.